The van der Waals surface area contributed by atoms with Gasteiger partial charge >= 0.3 is 13.6 Å². The maximum Gasteiger partial charge on any atom is 0.329 e. The molecule has 4 aliphatic rings. The van der Waals surface area contributed by atoms with Gasteiger partial charge in [-0.2, -0.15) is 0 Å². The number of nitrogens with zero attached hydrogens (tertiary/aromatic N) is 1. The third kappa shape index (κ3) is 17.0. The second-order valence-electron chi connectivity index (χ2n) is 22.1. The molecule has 3 heterocycles. The minimum atomic E-state index is -3.37. The van der Waals surface area contributed by atoms with Gasteiger partial charge in [-0.3, -0.25) is 23.7 Å². The molecule has 410 valence electrons. The van der Waals surface area contributed by atoms with Gasteiger partial charge in [0.2, 0.25) is 5.79 Å². The molecular weight excluding hydrogens is 946 g/mol. The molecule has 0 spiro atoms. The van der Waals surface area contributed by atoms with Gasteiger partial charge in [0, 0.05) is 65.1 Å². The van der Waals surface area contributed by atoms with Crippen molar-refractivity contribution in [2.24, 2.45) is 41.4 Å². The SMILES string of the molecule is CO[C@H]1C[C@@H]2CC[C@@H](C)[C@@](O)(O2)C(=O)C(=O)N2CCCCC2C(=O)O[C@H]([C@H](C)CC2CC[C@@H](OP(C)(=O)OC(C)C)[C@H](OC)C2)CC(=O)[C@H](C)CC(C)[C@@H](O)[C@@H](OC)C(=O)[C@H](C)C[C@H](C)/C=C/C=CC=C1C. The first-order valence-electron chi connectivity index (χ1n) is 26.6. The first-order valence-corrected chi connectivity index (χ1v) is 28.6. The van der Waals surface area contributed by atoms with Gasteiger partial charge in [0.25, 0.3) is 11.7 Å². The molecule has 16 nitrogen and oxygen atoms in total. The normalized spacial score (nSPS) is 37.9. The highest BCUT2D eigenvalue weighted by molar-refractivity contribution is 7.53. The lowest BCUT2D eigenvalue weighted by Crippen LogP contribution is -2.61. The van der Waals surface area contributed by atoms with Crippen molar-refractivity contribution in [3.8, 4) is 0 Å². The van der Waals surface area contributed by atoms with Crippen LogP contribution in [0.1, 0.15) is 146 Å². The summed E-state index contributed by atoms with van der Waals surface area (Å²) in [4.78, 5) is 72.6. The number of Topliss-reactive ketones (excluding diaryl/α,β-unsaturated/α-hetero) is 3. The number of hydrogen-bond acceptors (Lipinski definition) is 15. The zero-order valence-corrected chi connectivity index (χ0v) is 46.5. The lowest BCUT2D eigenvalue weighted by Gasteiger charge is -2.42. The third-order valence-corrected chi connectivity index (χ3v) is 17.0. The summed E-state index contributed by atoms with van der Waals surface area (Å²) in [6, 6.07) is -1.16. The van der Waals surface area contributed by atoms with Crippen LogP contribution in [0, 0.1) is 41.4 Å². The number of esters is 1. The maximum atomic E-state index is 14.6. The molecule has 2 N–H and O–H groups in total. The Hall–Kier alpha value is -2.92. The van der Waals surface area contributed by atoms with Crippen molar-refractivity contribution in [2.75, 3.05) is 34.5 Å². The number of carbonyl (C=O) groups is 5. The number of methoxy groups -OCH3 is 3. The van der Waals surface area contributed by atoms with Crippen LogP contribution >= 0.6 is 7.60 Å². The van der Waals surface area contributed by atoms with E-state index in [1.54, 1.807) is 48.8 Å². The van der Waals surface area contributed by atoms with Gasteiger partial charge < -0.3 is 47.8 Å². The number of aliphatic hydroxyl groups is 2. The number of rotatable bonds is 10. The fourth-order valence-corrected chi connectivity index (χ4v) is 12.8. The van der Waals surface area contributed by atoms with E-state index in [9.17, 15) is 38.8 Å². The topological polar surface area (TPSA) is 211 Å². The number of aliphatic hydroxyl groups excluding tert-OH is 1. The van der Waals surface area contributed by atoms with Crippen LogP contribution in [-0.2, 0) is 61.3 Å². The van der Waals surface area contributed by atoms with E-state index in [4.69, 9.17) is 32.7 Å². The summed E-state index contributed by atoms with van der Waals surface area (Å²) in [7, 11) is 1.19. The fraction of sp³-hybridized carbons (Fsp3) is 0.800. The number of carbonyl (C=O) groups excluding carboxylic acids is 5. The highest BCUT2D eigenvalue weighted by atomic mass is 31.2. The minimum absolute atomic E-state index is 0.0204. The molecule has 3 aliphatic heterocycles. The molecular formula is C55H90NO15P. The second kappa shape index (κ2) is 28.3. The highest BCUT2D eigenvalue weighted by Crippen LogP contribution is 2.49. The van der Waals surface area contributed by atoms with E-state index in [0.717, 1.165) is 5.57 Å². The Bertz CT molecular complexity index is 1950. The summed E-state index contributed by atoms with van der Waals surface area (Å²) in [6.45, 7) is 18.0. The van der Waals surface area contributed by atoms with Crippen LogP contribution < -0.4 is 0 Å². The smallest absolute Gasteiger partial charge is 0.329 e. The number of fused-ring (bicyclic) bond motifs is 3. The van der Waals surface area contributed by atoms with E-state index < -0.39 is 103 Å². The molecule has 4 unspecified atom stereocenters. The van der Waals surface area contributed by atoms with Crippen LogP contribution in [0.25, 0.3) is 0 Å². The zero-order valence-electron chi connectivity index (χ0n) is 45.6. The summed E-state index contributed by atoms with van der Waals surface area (Å²) in [6.07, 6.45) is 9.56. The number of hydrogen-bond donors (Lipinski definition) is 2. The van der Waals surface area contributed by atoms with E-state index in [1.165, 1.54) is 18.7 Å². The molecule has 1 saturated carbocycles. The summed E-state index contributed by atoms with van der Waals surface area (Å²) in [5.41, 5.74) is 0.876. The molecule has 0 aromatic heterocycles. The molecule has 1 amide bonds. The van der Waals surface area contributed by atoms with E-state index in [1.807, 2.05) is 58.1 Å². The van der Waals surface area contributed by atoms with Crippen LogP contribution in [-0.4, -0.2) is 140 Å². The molecule has 72 heavy (non-hydrogen) atoms. The van der Waals surface area contributed by atoms with E-state index in [0.29, 0.717) is 64.2 Å². The largest absolute Gasteiger partial charge is 0.460 e. The van der Waals surface area contributed by atoms with Crippen LogP contribution in [0.4, 0.5) is 0 Å². The van der Waals surface area contributed by atoms with Crippen molar-refractivity contribution in [3.05, 3.63) is 36.0 Å². The number of ketones is 3. The number of allylic oxidation sites excluding steroid dienone is 5. The third-order valence-electron chi connectivity index (χ3n) is 15.6. The summed E-state index contributed by atoms with van der Waals surface area (Å²) in [5.74, 6) is -8.41. The first-order chi connectivity index (χ1) is 33.9. The molecule has 0 aromatic carbocycles. The van der Waals surface area contributed by atoms with Gasteiger partial charge in [-0.05, 0) is 121 Å². The van der Waals surface area contributed by atoms with E-state index in [-0.39, 0.29) is 61.2 Å². The molecule has 17 heteroatoms. The lowest BCUT2D eigenvalue weighted by atomic mass is 9.78. The van der Waals surface area contributed by atoms with E-state index in [2.05, 4.69) is 0 Å². The maximum absolute atomic E-state index is 14.6. The molecule has 0 aromatic rings. The number of amides is 1. The van der Waals surface area contributed by atoms with Crippen LogP contribution in [0.3, 0.4) is 0 Å². The Morgan fingerprint density at radius 3 is 2.19 bits per heavy atom. The van der Waals surface area contributed by atoms with Crippen molar-refractivity contribution in [2.45, 2.75) is 206 Å². The Morgan fingerprint density at radius 1 is 0.833 bits per heavy atom. The Balaban J connectivity index is 1.67. The van der Waals surface area contributed by atoms with Crippen molar-refractivity contribution < 1.29 is 71.5 Å². The number of piperidine rings is 1. The van der Waals surface area contributed by atoms with Crippen molar-refractivity contribution >= 4 is 36.8 Å². The van der Waals surface area contributed by atoms with Gasteiger partial charge in [0.1, 0.15) is 24.0 Å². The summed E-state index contributed by atoms with van der Waals surface area (Å²) < 4.78 is 54.7. The van der Waals surface area contributed by atoms with Crippen molar-refractivity contribution in [3.63, 3.8) is 0 Å². The molecule has 17 atom stereocenters. The molecule has 3 fully saturated rings. The molecule has 0 radical (unpaired) electrons. The average Bonchev–Trinajstić information content (AvgIpc) is 3.32. The van der Waals surface area contributed by atoms with Crippen LogP contribution in [0.2, 0.25) is 0 Å². The zero-order chi connectivity index (χ0) is 53.7. The standard InChI is InChI=1S/C55H90NO15P/c1-33(2)70-72(13,64)71-45-25-23-41(30-48(45)66-11)29-37(6)47-32-44(57)36(5)28-39(8)50(59)51(67-12)49(58)38(7)27-34(3)19-15-14-16-20-35(4)46(65-10)31-42-24-22-40(9)55(63,69-42)52(60)53(61)56-26-18-17-21-43(56)54(62)68-47/h14-16,19-20,33-34,36-43,45-48,50-51,59,63H,17-18,21-32H2,1-13H3/b16-14?,19-15+,35-20?/t34-,36-,37-,38-,39?,40-,41?,42+,43?,45-,46+,47+,48-,50-,51+,55-,72?/m1/s1. The Kier molecular flexibility index (Phi) is 24.2. The molecule has 4 rings (SSSR count). The monoisotopic (exact) mass is 1040 g/mol. The quantitative estimate of drug-likeness (QED) is 0.119. The fourth-order valence-electron chi connectivity index (χ4n) is 11.2. The molecule has 2 bridgehead atoms. The number of cyclic esters (lactones) is 1. The minimum Gasteiger partial charge on any atom is -0.460 e. The highest BCUT2D eigenvalue weighted by Gasteiger charge is 2.53. The van der Waals surface area contributed by atoms with Gasteiger partial charge in [-0.15, -0.1) is 0 Å². The summed E-state index contributed by atoms with van der Waals surface area (Å²) >= 11 is 0. The molecule has 2 saturated heterocycles. The Morgan fingerprint density at radius 2 is 1.54 bits per heavy atom. The molecule has 1 aliphatic carbocycles. The first kappa shape index (κ1) is 61.6. The second-order valence-corrected chi connectivity index (χ2v) is 24.0. The van der Waals surface area contributed by atoms with Gasteiger partial charge in [-0.25, -0.2) is 4.79 Å². The predicted molar refractivity (Wildman–Crippen MR) is 274 cm³/mol. The Labute approximate surface area is 430 Å². The van der Waals surface area contributed by atoms with Gasteiger partial charge in [-0.1, -0.05) is 71.9 Å². The average molecular weight is 1040 g/mol. The van der Waals surface area contributed by atoms with Crippen molar-refractivity contribution in [1.29, 1.82) is 0 Å². The van der Waals surface area contributed by atoms with Crippen LogP contribution in [0.15, 0.2) is 36.0 Å². The van der Waals surface area contributed by atoms with E-state index >= 15 is 0 Å². The number of ether oxygens (including phenoxy) is 5. The van der Waals surface area contributed by atoms with Crippen molar-refractivity contribution in [1.82, 2.24) is 4.90 Å². The lowest BCUT2D eigenvalue weighted by molar-refractivity contribution is -0.265. The van der Waals surface area contributed by atoms with Gasteiger partial charge in [0.05, 0.1) is 36.6 Å². The van der Waals surface area contributed by atoms with Crippen LogP contribution in [0.5, 0.6) is 0 Å². The van der Waals surface area contributed by atoms with Gasteiger partial charge in [0.15, 0.2) is 5.78 Å². The summed E-state index contributed by atoms with van der Waals surface area (Å²) in [5, 5.41) is 23.6. The predicted octanol–water partition coefficient (Wildman–Crippen LogP) is 8.53.